The number of hydrogen-bond donors (Lipinski definition) is 4. The zero-order valence-electron chi connectivity index (χ0n) is 14.7. The molecular formula is C16H25ClN4O4S. The Hall–Kier alpha value is -1.68. The quantitative estimate of drug-likeness (QED) is 0.554. The van der Waals surface area contributed by atoms with E-state index in [1.54, 1.807) is 0 Å². The number of hydrogen-bond acceptors (Lipinski definition) is 5. The van der Waals surface area contributed by atoms with Crippen LogP contribution in [0.1, 0.15) is 26.7 Å². The summed E-state index contributed by atoms with van der Waals surface area (Å²) in [5.41, 5.74) is 0.502. The smallest absolute Gasteiger partial charge is 0.241 e. The van der Waals surface area contributed by atoms with Crippen molar-refractivity contribution in [3.05, 3.63) is 24.3 Å². The summed E-state index contributed by atoms with van der Waals surface area (Å²) in [5, 5.41) is 8.60. The van der Waals surface area contributed by atoms with E-state index in [-0.39, 0.29) is 35.2 Å². The normalized spacial score (nSPS) is 18.3. The molecule has 2 rings (SSSR count). The summed E-state index contributed by atoms with van der Waals surface area (Å²) in [6, 6.07) is 4.88. The van der Waals surface area contributed by atoms with Gasteiger partial charge in [-0.1, -0.05) is 0 Å². The van der Waals surface area contributed by atoms with Gasteiger partial charge >= 0.3 is 0 Å². The first kappa shape index (κ1) is 22.4. The number of halogens is 1. The van der Waals surface area contributed by atoms with E-state index in [0.29, 0.717) is 12.2 Å². The molecule has 1 unspecified atom stereocenters. The van der Waals surface area contributed by atoms with Gasteiger partial charge in [0.05, 0.1) is 10.9 Å². The third kappa shape index (κ3) is 6.56. The minimum atomic E-state index is -3.83. The van der Waals surface area contributed by atoms with Crippen LogP contribution in [0.15, 0.2) is 29.2 Å². The molecule has 146 valence electrons. The fourth-order valence-corrected chi connectivity index (χ4v) is 3.78. The average Bonchev–Trinajstić information content (AvgIpc) is 2.55. The van der Waals surface area contributed by atoms with E-state index < -0.39 is 16.1 Å². The minimum absolute atomic E-state index is 0. The molecule has 1 aliphatic rings. The molecule has 0 radical (unpaired) electrons. The molecule has 4 N–H and O–H groups in total. The summed E-state index contributed by atoms with van der Waals surface area (Å²) in [7, 11) is -3.83. The molecule has 1 fully saturated rings. The Balaban J connectivity index is 0.00000338. The van der Waals surface area contributed by atoms with E-state index in [0.717, 1.165) is 19.4 Å². The SMILES string of the molecule is CC(=O)Nc1ccc(S(=O)(=O)NC(C)C(=O)N[C@H]2CCCNC2)cc1.Cl. The molecule has 1 aliphatic heterocycles. The molecule has 1 saturated heterocycles. The maximum absolute atomic E-state index is 12.4. The molecule has 8 nitrogen and oxygen atoms in total. The monoisotopic (exact) mass is 404 g/mol. The van der Waals surface area contributed by atoms with Crippen molar-refractivity contribution in [1.29, 1.82) is 0 Å². The van der Waals surface area contributed by atoms with Gasteiger partial charge in [0.15, 0.2) is 0 Å². The van der Waals surface area contributed by atoms with Crippen LogP contribution < -0.4 is 20.7 Å². The van der Waals surface area contributed by atoms with Crippen LogP contribution in [0, 0.1) is 0 Å². The highest BCUT2D eigenvalue weighted by atomic mass is 35.5. The van der Waals surface area contributed by atoms with Crippen LogP contribution in [0.25, 0.3) is 0 Å². The van der Waals surface area contributed by atoms with Gasteiger partial charge in [0.2, 0.25) is 21.8 Å². The standard InChI is InChI=1S/C16H24N4O4S.ClH/c1-11(16(22)19-14-4-3-9-17-10-14)20-25(23,24)15-7-5-13(6-8-15)18-12(2)21;/h5-8,11,14,17,20H,3-4,9-10H2,1-2H3,(H,18,21)(H,19,22);1H/t11?,14-;/m0./s1. The van der Waals surface area contributed by atoms with Crippen molar-refractivity contribution in [2.24, 2.45) is 0 Å². The predicted molar refractivity (Wildman–Crippen MR) is 102 cm³/mol. The predicted octanol–water partition coefficient (Wildman–Crippen LogP) is 0.602. The second-order valence-corrected chi connectivity index (χ2v) is 7.81. The van der Waals surface area contributed by atoms with Crippen LogP contribution in [0.4, 0.5) is 5.69 Å². The summed E-state index contributed by atoms with van der Waals surface area (Å²) >= 11 is 0. The largest absolute Gasteiger partial charge is 0.351 e. The third-order valence-electron chi connectivity index (χ3n) is 3.85. The molecule has 2 amide bonds. The van der Waals surface area contributed by atoms with E-state index in [2.05, 4.69) is 20.7 Å². The lowest BCUT2D eigenvalue weighted by atomic mass is 10.1. The van der Waals surface area contributed by atoms with Crippen molar-refractivity contribution in [3.8, 4) is 0 Å². The molecule has 0 spiro atoms. The molecule has 0 aromatic heterocycles. The zero-order chi connectivity index (χ0) is 18.4. The van der Waals surface area contributed by atoms with Gasteiger partial charge in [0.25, 0.3) is 0 Å². The Morgan fingerprint density at radius 3 is 2.42 bits per heavy atom. The van der Waals surface area contributed by atoms with Crippen molar-refractivity contribution in [3.63, 3.8) is 0 Å². The lowest BCUT2D eigenvalue weighted by Crippen LogP contribution is -2.52. The summed E-state index contributed by atoms with van der Waals surface area (Å²) in [5.74, 6) is -0.594. The minimum Gasteiger partial charge on any atom is -0.351 e. The van der Waals surface area contributed by atoms with Crippen molar-refractivity contribution in [2.75, 3.05) is 18.4 Å². The first-order valence-electron chi connectivity index (χ1n) is 8.19. The second kappa shape index (κ2) is 9.86. The molecule has 1 heterocycles. The number of piperidine rings is 1. The molecule has 1 aromatic rings. The number of carbonyl (C=O) groups is 2. The second-order valence-electron chi connectivity index (χ2n) is 6.10. The van der Waals surface area contributed by atoms with Gasteiger partial charge in [-0.05, 0) is 50.6 Å². The van der Waals surface area contributed by atoms with Gasteiger partial charge in [-0.2, -0.15) is 4.72 Å². The number of sulfonamides is 1. The highest BCUT2D eigenvalue weighted by Gasteiger charge is 2.24. The zero-order valence-corrected chi connectivity index (χ0v) is 16.4. The van der Waals surface area contributed by atoms with E-state index in [1.165, 1.54) is 38.1 Å². The fraction of sp³-hybridized carbons (Fsp3) is 0.500. The highest BCUT2D eigenvalue weighted by molar-refractivity contribution is 7.89. The van der Waals surface area contributed by atoms with Crippen LogP contribution in [-0.2, 0) is 19.6 Å². The van der Waals surface area contributed by atoms with Gasteiger partial charge in [0, 0.05) is 25.2 Å². The molecule has 26 heavy (non-hydrogen) atoms. The van der Waals surface area contributed by atoms with Crippen LogP contribution in [0.5, 0.6) is 0 Å². The van der Waals surface area contributed by atoms with E-state index in [4.69, 9.17) is 0 Å². The Bertz CT molecular complexity index is 718. The van der Waals surface area contributed by atoms with Crippen molar-refractivity contribution in [2.45, 2.75) is 43.7 Å². The molecule has 10 heteroatoms. The van der Waals surface area contributed by atoms with Crippen LogP contribution in [0.3, 0.4) is 0 Å². The summed E-state index contributed by atoms with van der Waals surface area (Å²) < 4.78 is 27.1. The number of amides is 2. The number of carbonyl (C=O) groups excluding carboxylic acids is 2. The van der Waals surface area contributed by atoms with Crippen LogP contribution >= 0.6 is 12.4 Å². The molecule has 0 aliphatic carbocycles. The maximum atomic E-state index is 12.4. The van der Waals surface area contributed by atoms with E-state index in [1.807, 2.05) is 0 Å². The van der Waals surface area contributed by atoms with Gasteiger partial charge in [-0.25, -0.2) is 8.42 Å². The van der Waals surface area contributed by atoms with E-state index in [9.17, 15) is 18.0 Å². The number of nitrogens with one attached hydrogen (secondary N) is 4. The van der Waals surface area contributed by atoms with Gasteiger partial charge < -0.3 is 16.0 Å². The molecule has 0 saturated carbocycles. The summed E-state index contributed by atoms with van der Waals surface area (Å²) in [6.45, 7) is 4.50. The topological polar surface area (TPSA) is 116 Å². The van der Waals surface area contributed by atoms with Gasteiger partial charge in [-0.15, -0.1) is 12.4 Å². The number of rotatable bonds is 6. The van der Waals surface area contributed by atoms with Crippen molar-refractivity contribution >= 4 is 39.9 Å². The fourth-order valence-electron chi connectivity index (χ4n) is 2.58. The molecule has 1 aromatic carbocycles. The first-order chi connectivity index (χ1) is 11.8. The molecule has 2 atom stereocenters. The number of benzene rings is 1. The van der Waals surface area contributed by atoms with E-state index >= 15 is 0 Å². The third-order valence-corrected chi connectivity index (χ3v) is 5.41. The molecular weight excluding hydrogens is 380 g/mol. The lowest BCUT2D eigenvalue weighted by molar-refractivity contribution is -0.123. The Morgan fingerprint density at radius 2 is 1.88 bits per heavy atom. The first-order valence-corrected chi connectivity index (χ1v) is 9.67. The molecule has 0 bridgehead atoms. The van der Waals surface area contributed by atoms with Gasteiger partial charge in [-0.3, -0.25) is 9.59 Å². The number of anilines is 1. The van der Waals surface area contributed by atoms with Crippen molar-refractivity contribution in [1.82, 2.24) is 15.4 Å². The summed E-state index contributed by atoms with van der Waals surface area (Å²) in [6.07, 6.45) is 1.86. The Kier molecular flexibility index (Phi) is 8.48. The Morgan fingerprint density at radius 1 is 1.23 bits per heavy atom. The van der Waals surface area contributed by atoms with Gasteiger partial charge in [0.1, 0.15) is 0 Å². The van der Waals surface area contributed by atoms with Crippen LogP contribution in [0.2, 0.25) is 0 Å². The lowest BCUT2D eigenvalue weighted by Gasteiger charge is -2.25. The summed E-state index contributed by atoms with van der Waals surface area (Å²) in [4.78, 5) is 23.2. The van der Waals surface area contributed by atoms with Crippen LogP contribution in [-0.4, -0.2) is 45.4 Å². The highest BCUT2D eigenvalue weighted by Crippen LogP contribution is 2.14. The average molecular weight is 405 g/mol. The Labute approximate surface area is 160 Å². The van der Waals surface area contributed by atoms with Crippen molar-refractivity contribution < 1.29 is 18.0 Å². The maximum Gasteiger partial charge on any atom is 0.241 e.